The molecular formula is C22H40O5Si. The van der Waals surface area contributed by atoms with E-state index in [4.69, 9.17) is 18.9 Å². The number of ether oxygens (including phenoxy) is 4. The van der Waals surface area contributed by atoms with Crippen LogP contribution in [0, 0.1) is 5.41 Å². The van der Waals surface area contributed by atoms with E-state index < -0.39 is 13.5 Å². The van der Waals surface area contributed by atoms with Crippen molar-refractivity contribution < 1.29 is 23.7 Å². The minimum Gasteiger partial charge on any atom is -0.462 e. The van der Waals surface area contributed by atoms with Crippen molar-refractivity contribution in [2.45, 2.75) is 122 Å². The lowest BCUT2D eigenvalue weighted by molar-refractivity contribution is -0.153. The number of hydrogen-bond donors (Lipinski definition) is 0. The normalized spacial score (nSPS) is 38.8. The van der Waals surface area contributed by atoms with Gasteiger partial charge in [-0.2, -0.15) is 0 Å². The zero-order valence-corrected chi connectivity index (χ0v) is 20.3. The fourth-order valence-electron chi connectivity index (χ4n) is 4.39. The molecule has 0 aliphatic carbocycles. The van der Waals surface area contributed by atoms with Crippen molar-refractivity contribution in [2.75, 3.05) is 6.61 Å². The number of esters is 1. The smallest absolute Gasteiger partial charge is 0.311 e. The Kier molecular flexibility index (Phi) is 5.40. The second-order valence-electron chi connectivity index (χ2n) is 11.8. The number of rotatable bonds is 9. The molecule has 3 aliphatic heterocycles. The van der Waals surface area contributed by atoms with Crippen LogP contribution in [0.5, 0.6) is 0 Å². The molecule has 3 rings (SSSR count). The summed E-state index contributed by atoms with van der Waals surface area (Å²) in [7, 11) is -1.57. The minimum atomic E-state index is -1.57. The molecule has 28 heavy (non-hydrogen) atoms. The van der Waals surface area contributed by atoms with Crippen molar-refractivity contribution in [1.82, 2.24) is 0 Å². The van der Waals surface area contributed by atoms with Crippen LogP contribution >= 0.6 is 0 Å². The maximum atomic E-state index is 12.1. The van der Waals surface area contributed by atoms with Crippen LogP contribution in [-0.2, 0) is 23.7 Å². The number of epoxide rings is 3. The van der Waals surface area contributed by atoms with Gasteiger partial charge < -0.3 is 18.9 Å². The van der Waals surface area contributed by atoms with Crippen LogP contribution < -0.4 is 0 Å². The summed E-state index contributed by atoms with van der Waals surface area (Å²) >= 11 is 0. The van der Waals surface area contributed by atoms with Gasteiger partial charge in [0.05, 0.1) is 42.1 Å². The lowest BCUT2D eigenvalue weighted by Crippen LogP contribution is -2.45. The van der Waals surface area contributed by atoms with Crippen molar-refractivity contribution in [3.8, 4) is 0 Å². The molecule has 3 saturated heterocycles. The van der Waals surface area contributed by atoms with Crippen molar-refractivity contribution in [1.29, 1.82) is 0 Å². The lowest BCUT2D eigenvalue weighted by Gasteiger charge is -2.26. The molecule has 3 fully saturated rings. The zero-order valence-electron chi connectivity index (χ0n) is 19.3. The first kappa shape index (κ1) is 22.3. The molecule has 3 heterocycles. The maximum Gasteiger partial charge on any atom is 0.311 e. The third-order valence-electron chi connectivity index (χ3n) is 6.94. The summed E-state index contributed by atoms with van der Waals surface area (Å²) < 4.78 is 23.6. The minimum absolute atomic E-state index is 0.00819. The molecule has 0 aromatic rings. The molecule has 5 nitrogen and oxygen atoms in total. The van der Waals surface area contributed by atoms with Gasteiger partial charge in [0.25, 0.3) is 0 Å². The molecule has 0 spiro atoms. The van der Waals surface area contributed by atoms with Gasteiger partial charge in [-0.05, 0) is 67.2 Å². The first-order chi connectivity index (χ1) is 12.6. The topological polar surface area (TPSA) is 63.9 Å². The summed E-state index contributed by atoms with van der Waals surface area (Å²) in [6.07, 6.45) is 4.86. The number of hydrogen-bond acceptors (Lipinski definition) is 5. The Hall–Kier alpha value is -0.433. The average Bonchev–Trinajstić information content (AvgIpc) is 3.44. The van der Waals surface area contributed by atoms with Crippen molar-refractivity contribution in [2.24, 2.45) is 5.41 Å². The van der Waals surface area contributed by atoms with Gasteiger partial charge in [0.1, 0.15) is 12.7 Å². The lowest BCUT2D eigenvalue weighted by atomic mass is 9.94. The van der Waals surface area contributed by atoms with E-state index in [2.05, 4.69) is 40.4 Å². The quantitative estimate of drug-likeness (QED) is 0.317. The monoisotopic (exact) mass is 412 g/mol. The van der Waals surface area contributed by atoms with Gasteiger partial charge >= 0.3 is 5.97 Å². The highest BCUT2D eigenvalue weighted by molar-refractivity contribution is 6.79. The number of carbonyl (C=O) groups is 1. The third kappa shape index (κ3) is 4.50. The van der Waals surface area contributed by atoms with Gasteiger partial charge in [0, 0.05) is 0 Å². The molecule has 0 saturated carbocycles. The van der Waals surface area contributed by atoms with E-state index in [0.717, 1.165) is 25.7 Å². The molecule has 6 heteroatoms. The van der Waals surface area contributed by atoms with Gasteiger partial charge in [0.2, 0.25) is 0 Å². The molecule has 0 bridgehead atoms. The fraction of sp³-hybridized carbons (Fsp3) is 0.955. The van der Waals surface area contributed by atoms with Gasteiger partial charge in [0.15, 0.2) is 0 Å². The van der Waals surface area contributed by atoms with Crippen LogP contribution in [0.2, 0.25) is 19.6 Å². The molecule has 0 aromatic heterocycles. The van der Waals surface area contributed by atoms with E-state index in [1.807, 2.05) is 20.8 Å². The average molecular weight is 413 g/mol. The van der Waals surface area contributed by atoms with Crippen molar-refractivity contribution in [3.05, 3.63) is 0 Å². The molecule has 0 amide bonds. The SMILES string of the molecule is CC(C)(C)C(=O)OC[C@@H]1O[C@]1(CC[C@H]1O[C@]1(C)CC[C@@H]1OC1(C)C)[Si](C)(C)C. The molecule has 0 N–H and O–H groups in total. The molecule has 0 aromatic carbocycles. The largest absolute Gasteiger partial charge is 0.462 e. The fourth-order valence-corrected chi connectivity index (χ4v) is 6.83. The van der Waals surface area contributed by atoms with Crippen LogP contribution in [0.4, 0.5) is 0 Å². The van der Waals surface area contributed by atoms with Crippen molar-refractivity contribution in [3.63, 3.8) is 0 Å². The molecule has 0 unspecified atom stereocenters. The highest BCUT2D eigenvalue weighted by Crippen LogP contribution is 2.52. The molecule has 5 atom stereocenters. The van der Waals surface area contributed by atoms with E-state index in [1.165, 1.54) is 0 Å². The Morgan fingerprint density at radius 1 is 0.929 bits per heavy atom. The molecule has 3 aliphatic rings. The Morgan fingerprint density at radius 2 is 1.50 bits per heavy atom. The summed E-state index contributed by atoms with van der Waals surface area (Å²) in [6.45, 7) is 19.6. The third-order valence-corrected chi connectivity index (χ3v) is 10.2. The van der Waals surface area contributed by atoms with Gasteiger partial charge in [-0.3, -0.25) is 4.79 Å². The Labute approximate surface area is 171 Å². The van der Waals surface area contributed by atoms with Crippen molar-refractivity contribution >= 4 is 14.0 Å². The highest BCUT2D eigenvalue weighted by atomic mass is 28.3. The maximum absolute atomic E-state index is 12.1. The number of carbonyl (C=O) groups excluding carboxylic acids is 1. The second kappa shape index (κ2) is 6.79. The van der Waals surface area contributed by atoms with Crippen LogP contribution in [0.1, 0.15) is 67.2 Å². The summed E-state index contributed by atoms with van der Waals surface area (Å²) in [4.78, 5) is 12.1. The predicted octanol–water partition coefficient (Wildman–Crippen LogP) is 4.49. The van der Waals surface area contributed by atoms with Gasteiger partial charge in [-0.1, -0.05) is 19.6 Å². The zero-order chi connectivity index (χ0) is 21.2. The summed E-state index contributed by atoms with van der Waals surface area (Å²) in [5, 5.41) is -0.0976. The highest BCUT2D eigenvalue weighted by Gasteiger charge is 2.65. The van der Waals surface area contributed by atoms with Crippen LogP contribution in [0.3, 0.4) is 0 Å². The van der Waals surface area contributed by atoms with Gasteiger partial charge in [-0.15, -0.1) is 0 Å². The summed E-state index contributed by atoms with van der Waals surface area (Å²) in [5.41, 5.74) is -0.422. The molecule has 162 valence electrons. The molecule has 0 radical (unpaired) electrons. The standard InChI is InChI=1S/C22H40O5Si/c1-19(2,3)18(23)24-14-17-22(27-17,28(7,8)9)13-11-16-21(6,26-16)12-10-15-20(4,5)25-15/h15-17H,10-14H2,1-9H3/t15-,16+,17-,21+,22+/m0/s1. The van der Waals surface area contributed by atoms with E-state index in [0.29, 0.717) is 18.8 Å². The first-order valence-corrected chi connectivity index (χ1v) is 14.3. The van der Waals surface area contributed by atoms with Gasteiger partial charge in [-0.25, -0.2) is 0 Å². The Balaban J connectivity index is 1.47. The summed E-state index contributed by atoms with van der Waals surface area (Å²) in [6, 6.07) is 0. The van der Waals surface area contributed by atoms with Crippen LogP contribution in [0.15, 0.2) is 0 Å². The van der Waals surface area contributed by atoms with E-state index in [-0.39, 0.29) is 28.5 Å². The Bertz CT molecular complexity index is 619. The van der Waals surface area contributed by atoms with E-state index in [1.54, 1.807) is 0 Å². The Morgan fingerprint density at radius 3 is 2.00 bits per heavy atom. The predicted molar refractivity (Wildman–Crippen MR) is 112 cm³/mol. The summed E-state index contributed by atoms with van der Waals surface area (Å²) in [5.74, 6) is -0.157. The van der Waals surface area contributed by atoms with Crippen LogP contribution in [-0.4, -0.2) is 55.4 Å². The first-order valence-electron chi connectivity index (χ1n) is 10.8. The van der Waals surface area contributed by atoms with E-state index >= 15 is 0 Å². The molecular weight excluding hydrogens is 372 g/mol. The second-order valence-corrected chi connectivity index (χ2v) is 17.1. The van der Waals surface area contributed by atoms with Crippen LogP contribution in [0.25, 0.3) is 0 Å². The van der Waals surface area contributed by atoms with E-state index in [9.17, 15) is 4.79 Å².